The number of anilines is 1. The molecular weight excluding hydrogens is 380 g/mol. The van der Waals surface area contributed by atoms with E-state index in [0.29, 0.717) is 28.5 Å². The molecule has 0 heterocycles. The van der Waals surface area contributed by atoms with Gasteiger partial charge in [-0.3, -0.25) is 4.72 Å². The smallest absolute Gasteiger partial charge is 0.272 e. The molecule has 0 spiro atoms. The number of methoxy groups -OCH3 is 3. The first-order valence-electron chi connectivity index (χ1n) is 8.27. The number of sulfonamides is 1. The molecule has 2 aromatic rings. The zero-order chi connectivity index (χ0) is 20.9. The molecule has 2 aromatic carbocycles. The molecule has 0 bridgehead atoms. The first-order valence-corrected chi connectivity index (χ1v) is 9.76. The number of ether oxygens (including phenoxy) is 3. The summed E-state index contributed by atoms with van der Waals surface area (Å²) in [6.45, 7) is 3.70. The van der Waals surface area contributed by atoms with Crippen molar-refractivity contribution in [3.63, 3.8) is 0 Å². The van der Waals surface area contributed by atoms with Gasteiger partial charge in [0, 0.05) is 11.6 Å². The Morgan fingerprint density at radius 3 is 2.14 bits per heavy atom. The maximum absolute atomic E-state index is 12.8. The molecule has 148 valence electrons. The third-order valence-corrected chi connectivity index (χ3v) is 5.33. The van der Waals surface area contributed by atoms with Gasteiger partial charge in [0.1, 0.15) is 11.8 Å². The van der Waals surface area contributed by atoms with Crippen LogP contribution < -0.4 is 18.9 Å². The van der Waals surface area contributed by atoms with Crippen molar-refractivity contribution >= 4 is 21.8 Å². The summed E-state index contributed by atoms with van der Waals surface area (Å²) in [7, 11) is 0.278. The lowest BCUT2D eigenvalue weighted by molar-refractivity contribution is 0.348. The minimum atomic E-state index is -4.10. The van der Waals surface area contributed by atoms with Crippen LogP contribution in [0.4, 0.5) is 5.69 Å². The van der Waals surface area contributed by atoms with Gasteiger partial charge in [-0.2, -0.15) is 5.26 Å². The molecule has 8 heteroatoms. The van der Waals surface area contributed by atoms with Gasteiger partial charge in [-0.25, -0.2) is 8.42 Å². The van der Waals surface area contributed by atoms with Gasteiger partial charge in [0.05, 0.1) is 27.0 Å². The number of rotatable bonds is 7. The molecule has 0 unspecified atom stereocenters. The molecule has 28 heavy (non-hydrogen) atoms. The quantitative estimate of drug-likeness (QED) is 0.710. The van der Waals surface area contributed by atoms with Crippen LogP contribution in [0.25, 0.3) is 6.08 Å². The number of nitrogens with one attached hydrogen (secondary N) is 1. The second-order valence-electron chi connectivity index (χ2n) is 5.99. The molecule has 0 radical (unpaired) electrons. The average Bonchev–Trinajstić information content (AvgIpc) is 2.67. The maximum Gasteiger partial charge on any atom is 0.272 e. The van der Waals surface area contributed by atoms with Crippen molar-refractivity contribution in [3.8, 4) is 23.3 Å². The van der Waals surface area contributed by atoms with E-state index in [2.05, 4.69) is 4.72 Å². The highest BCUT2D eigenvalue weighted by molar-refractivity contribution is 7.97. The van der Waals surface area contributed by atoms with Crippen LogP contribution in [0.2, 0.25) is 0 Å². The molecule has 0 saturated carbocycles. The standard InChI is InChI=1S/C20H22N2O5S/c1-13-6-7-17(14(2)8-13)22-28(23,24)16(12-21)9-15-10-19(26-4)20(27-5)11-18(15)25-3/h6-11,22H,1-5H3/b16-9-. The first kappa shape index (κ1) is 21.1. The van der Waals surface area contributed by atoms with Gasteiger partial charge in [-0.15, -0.1) is 0 Å². The van der Waals surface area contributed by atoms with Crippen LogP contribution in [0.1, 0.15) is 16.7 Å². The van der Waals surface area contributed by atoms with Crippen LogP contribution in [-0.2, 0) is 10.0 Å². The molecule has 0 saturated heterocycles. The highest BCUT2D eigenvalue weighted by Gasteiger charge is 2.20. The van der Waals surface area contributed by atoms with Crippen molar-refractivity contribution < 1.29 is 22.6 Å². The van der Waals surface area contributed by atoms with Gasteiger partial charge < -0.3 is 14.2 Å². The van der Waals surface area contributed by atoms with E-state index in [1.165, 1.54) is 27.4 Å². The maximum atomic E-state index is 12.8. The lowest BCUT2D eigenvalue weighted by atomic mass is 10.1. The Hall–Kier alpha value is -3.18. The highest BCUT2D eigenvalue weighted by Crippen LogP contribution is 2.36. The Bertz CT molecular complexity index is 1050. The lowest BCUT2D eigenvalue weighted by Gasteiger charge is -2.13. The SMILES string of the molecule is COc1cc(OC)c(OC)cc1/C=C(/C#N)S(=O)(=O)Nc1ccc(C)cc1C. The lowest BCUT2D eigenvalue weighted by Crippen LogP contribution is -2.15. The number of hydrogen-bond acceptors (Lipinski definition) is 6. The minimum absolute atomic E-state index is 0.340. The van der Waals surface area contributed by atoms with Crippen molar-refractivity contribution in [1.82, 2.24) is 0 Å². The summed E-state index contributed by atoms with van der Waals surface area (Å²) in [5.74, 6) is 1.14. The molecule has 0 aliphatic rings. The van der Waals surface area contributed by atoms with E-state index in [1.54, 1.807) is 37.3 Å². The second-order valence-corrected chi connectivity index (χ2v) is 7.64. The summed E-state index contributed by atoms with van der Waals surface area (Å²) < 4.78 is 43.7. The fraction of sp³-hybridized carbons (Fsp3) is 0.250. The van der Waals surface area contributed by atoms with Crippen LogP contribution >= 0.6 is 0 Å². The Kier molecular flexibility index (Phi) is 6.54. The van der Waals surface area contributed by atoms with E-state index in [-0.39, 0.29) is 0 Å². The van der Waals surface area contributed by atoms with Crippen LogP contribution in [-0.4, -0.2) is 29.7 Å². The summed E-state index contributed by atoms with van der Waals surface area (Å²) in [5.41, 5.74) is 2.53. The third-order valence-electron chi connectivity index (χ3n) is 4.05. The summed E-state index contributed by atoms with van der Waals surface area (Å²) in [6.07, 6.45) is 1.23. The van der Waals surface area contributed by atoms with Gasteiger partial charge in [0.2, 0.25) is 0 Å². The predicted molar refractivity (Wildman–Crippen MR) is 108 cm³/mol. The topological polar surface area (TPSA) is 97.7 Å². The molecule has 0 fully saturated rings. The van der Waals surface area contributed by atoms with E-state index in [4.69, 9.17) is 14.2 Å². The van der Waals surface area contributed by atoms with Crippen molar-refractivity contribution in [1.29, 1.82) is 5.26 Å². The Balaban J connectivity index is 2.51. The number of hydrogen-bond donors (Lipinski definition) is 1. The van der Waals surface area contributed by atoms with Gasteiger partial charge >= 0.3 is 0 Å². The van der Waals surface area contributed by atoms with E-state index < -0.39 is 14.9 Å². The fourth-order valence-corrected chi connectivity index (χ4v) is 3.64. The molecule has 0 aromatic heterocycles. The van der Waals surface area contributed by atoms with Crippen LogP contribution in [0.3, 0.4) is 0 Å². The van der Waals surface area contributed by atoms with E-state index in [0.717, 1.165) is 11.1 Å². The zero-order valence-electron chi connectivity index (χ0n) is 16.4. The normalized spacial score (nSPS) is 11.5. The third kappa shape index (κ3) is 4.56. The summed E-state index contributed by atoms with van der Waals surface area (Å²) in [4.78, 5) is -0.460. The summed E-state index contributed by atoms with van der Waals surface area (Å²) in [6, 6.07) is 10.1. The van der Waals surface area contributed by atoms with E-state index in [9.17, 15) is 13.7 Å². The molecule has 7 nitrogen and oxygen atoms in total. The predicted octanol–water partition coefficient (Wildman–Crippen LogP) is 3.64. The monoisotopic (exact) mass is 402 g/mol. The summed E-state index contributed by atoms with van der Waals surface area (Å²) in [5, 5.41) is 9.47. The second kappa shape index (κ2) is 8.67. The van der Waals surface area contributed by atoms with Gasteiger partial charge in [0.25, 0.3) is 10.0 Å². The summed E-state index contributed by atoms with van der Waals surface area (Å²) >= 11 is 0. The van der Waals surface area contributed by atoms with Crippen molar-refractivity contribution in [3.05, 3.63) is 51.9 Å². The van der Waals surface area contributed by atoms with Crippen LogP contribution in [0.15, 0.2) is 35.2 Å². The van der Waals surface area contributed by atoms with Gasteiger partial charge in [0.15, 0.2) is 16.4 Å². The number of benzene rings is 2. The zero-order valence-corrected chi connectivity index (χ0v) is 17.2. The number of aryl methyl sites for hydroxylation is 2. The Morgan fingerprint density at radius 1 is 1.00 bits per heavy atom. The fourth-order valence-electron chi connectivity index (χ4n) is 2.60. The first-order chi connectivity index (χ1) is 13.2. The highest BCUT2D eigenvalue weighted by atomic mass is 32.2. The van der Waals surface area contributed by atoms with Crippen molar-refractivity contribution in [2.24, 2.45) is 0 Å². The van der Waals surface area contributed by atoms with E-state index >= 15 is 0 Å². The molecule has 0 amide bonds. The number of allylic oxidation sites excluding steroid dienone is 1. The van der Waals surface area contributed by atoms with Gasteiger partial charge in [-0.1, -0.05) is 17.7 Å². The van der Waals surface area contributed by atoms with Gasteiger partial charge in [-0.05, 0) is 37.6 Å². The van der Waals surface area contributed by atoms with Crippen molar-refractivity contribution in [2.45, 2.75) is 13.8 Å². The largest absolute Gasteiger partial charge is 0.496 e. The number of nitriles is 1. The molecular formula is C20H22N2O5S. The molecule has 0 atom stereocenters. The van der Waals surface area contributed by atoms with E-state index in [1.807, 2.05) is 13.0 Å². The Labute approximate surface area is 165 Å². The Morgan fingerprint density at radius 2 is 1.61 bits per heavy atom. The average molecular weight is 402 g/mol. The molecule has 0 aliphatic heterocycles. The van der Waals surface area contributed by atoms with Crippen LogP contribution in [0, 0.1) is 25.2 Å². The minimum Gasteiger partial charge on any atom is -0.496 e. The van der Waals surface area contributed by atoms with Crippen molar-refractivity contribution in [2.75, 3.05) is 26.1 Å². The molecule has 0 aliphatic carbocycles. The molecule has 2 rings (SSSR count). The number of nitrogens with zero attached hydrogens (tertiary/aromatic N) is 1. The molecule has 1 N–H and O–H groups in total. The van der Waals surface area contributed by atoms with Crippen LogP contribution in [0.5, 0.6) is 17.2 Å².